The standard InChI is InChI=1S/C23H23F2N3O4/c24-19-7-6-16(12-20(19)25)23(31)28-10-8-27(9-11-28)21(29)14-32-18-3-1-2-17(13-18)26-22(30)15-4-5-15/h1-3,6-7,12-13,15H,4-5,8-11,14H2,(H,26,30). The Morgan fingerprint density at radius 3 is 2.34 bits per heavy atom. The van der Waals surface area contributed by atoms with Crippen LogP contribution in [0.3, 0.4) is 0 Å². The minimum Gasteiger partial charge on any atom is -0.484 e. The van der Waals surface area contributed by atoms with Crippen molar-refractivity contribution in [1.29, 1.82) is 0 Å². The molecule has 1 heterocycles. The van der Waals surface area contributed by atoms with Crippen LogP contribution in [-0.4, -0.2) is 60.3 Å². The van der Waals surface area contributed by atoms with E-state index < -0.39 is 17.5 Å². The highest BCUT2D eigenvalue weighted by Gasteiger charge is 2.29. The molecule has 2 aliphatic rings. The topological polar surface area (TPSA) is 79.0 Å². The van der Waals surface area contributed by atoms with Gasteiger partial charge in [0.15, 0.2) is 18.2 Å². The van der Waals surface area contributed by atoms with Crippen LogP contribution in [0.25, 0.3) is 0 Å². The lowest BCUT2D eigenvalue weighted by Crippen LogP contribution is -2.51. The highest BCUT2D eigenvalue weighted by molar-refractivity contribution is 5.95. The number of piperazine rings is 1. The highest BCUT2D eigenvalue weighted by atomic mass is 19.2. The lowest BCUT2D eigenvalue weighted by atomic mass is 10.1. The average Bonchev–Trinajstić information content (AvgIpc) is 3.65. The Kier molecular flexibility index (Phi) is 6.34. The van der Waals surface area contributed by atoms with Gasteiger partial charge in [-0.3, -0.25) is 14.4 Å². The van der Waals surface area contributed by atoms with E-state index in [1.54, 1.807) is 29.2 Å². The molecular formula is C23H23F2N3O4. The molecule has 0 unspecified atom stereocenters. The van der Waals surface area contributed by atoms with Crippen molar-refractivity contribution in [2.45, 2.75) is 12.8 Å². The zero-order valence-electron chi connectivity index (χ0n) is 17.4. The first-order valence-corrected chi connectivity index (χ1v) is 10.5. The fourth-order valence-electron chi connectivity index (χ4n) is 3.46. The van der Waals surface area contributed by atoms with Gasteiger partial charge in [-0.2, -0.15) is 0 Å². The Bertz CT molecular complexity index is 1030. The second kappa shape index (κ2) is 9.33. The smallest absolute Gasteiger partial charge is 0.260 e. The third-order valence-corrected chi connectivity index (χ3v) is 5.50. The van der Waals surface area contributed by atoms with Crippen molar-refractivity contribution in [3.63, 3.8) is 0 Å². The number of ether oxygens (including phenoxy) is 1. The van der Waals surface area contributed by atoms with Gasteiger partial charge in [0.2, 0.25) is 5.91 Å². The number of hydrogen-bond acceptors (Lipinski definition) is 4. The van der Waals surface area contributed by atoms with Gasteiger partial charge < -0.3 is 19.9 Å². The van der Waals surface area contributed by atoms with E-state index in [2.05, 4.69) is 5.32 Å². The zero-order chi connectivity index (χ0) is 22.7. The van der Waals surface area contributed by atoms with Crippen molar-refractivity contribution < 1.29 is 27.9 Å². The van der Waals surface area contributed by atoms with E-state index in [4.69, 9.17) is 4.74 Å². The van der Waals surface area contributed by atoms with Gasteiger partial charge >= 0.3 is 0 Å². The molecule has 7 nitrogen and oxygen atoms in total. The van der Waals surface area contributed by atoms with Crippen LogP contribution < -0.4 is 10.1 Å². The van der Waals surface area contributed by atoms with E-state index in [-0.39, 0.29) is 43.0 Å². The molecule has 3 amide bonds. The van der Waals surface area contributed by atoms with E-state index in [1.807, 2.05) is 0 Å². The molecule has 0 aromatic heterocycles. The van der Waals surface area contributed by atoms with E-state index in [0.717, 1.165) is 25.0 Å². The zero-order valence-corrected chi connectivity index (χ0v) is 17.4. The maximum atomic E-state index is 13.4. The van der Waals surface area contributed by atoms with Gasteiger partial charge in [0, 0.05) is 49.4 Å². The summed E-state index contributed by atoms with van der Waals surface area (Å²) in [6.45, 7) is 1.03. The van der Waals surface area contributed by atoms with E-state index in [0.29, 0.717) is 24.5 Å². The number of nitrogens with one attached hydrogen (secondary N) is 1. The third kappa shape index (κ3) is 5.22. The molecule has 4 rings (SSSR count). The molecule has 1 saturated heterocycles. The molecule has 9 heteroatoms. The second-order valence-corrected chi connectivity index (χ2v) is 7.88. The molecule has 2 fully saturated rings. The van der Waals surface area contributed by atoms with Crippen LogP contribution in [0.2, 0.25) is 0 Å². The van der Waals surface area contributed by atoms with Crippen molar-refractivity contribution in [3.05, 3.63) is 59.7 Å². The van der Waals surface area contributed by atoms with Crippen molar-refractivity contribution in [2.24, 2.45) is 5.92 Å². The first-order valence-electron chi connectivity index (χ1n) is 10.5. The SMILES string of the molecule is O=C(Nc1cccc(OCC(=O)N2CCN(C(=O)c3ccc(F)c(F)c3)CC2)c1)C1CC1. The van der Waals surface area contributed by atoms with Crippen molar-refractivity contribution in [3.8, 4) is 5.75 Å². The Hall–Kier alpha value is -3.49. The lowest BCUT2D eigenvalue weighted by molar-refractivity contribution is -0.134. The first-order chi connectivity index (χ1) is 15.4. The summed E-state index contributed by atoms with van der Waals surface area (Å²) in [4.78, 5) is 40.0. The molecule has 0 radical (unpaired) electrons. The van der Waals surface area contributed by atoms with Gasteiger partial charge in [0.25, 0.3) is 11.8 Å². The van der Waals surface area contributed by atoms with Crippen LogP contribution in [0.1, 0.15) is 23.2 Å². The van der Waals surface area contributed by atoms with Crippen LogP contribution in [-0.2, 0) is 9.59 Å². The summed E-state index contributed by atoms with van der Waals surface area (Å²) in [5, 5.41) is 2.83. The molecule has 0 bridgehead atoms. The largest absolute Gasteiger partial charge is 0.484 e. The number of nitrogens with zero attached hydrogens (tertiary/aromatic N) is 2. The Balaban J connectivity index is 1.25. The molecule has 1 aliphatic carbocycles. The van der Waals surface area contributed by atoms with Crippen molar-refractivity contribution in [1.82, 2.24) is 9.80 Å². The second-order valence-electron chi connectivity index (χ2n) is 7.88. The molecule has 1 aliphatic heterocycles. The van der Waals surface area contributed by atoms with Gasteiger partial charge in [-0.05, 0) is 43.2 Å². The van der Waals surface area contributed by atoms with E-state index in [9.17, 15) is 23.2 Å². The Morgan fingerprint density at radius 1 is 0.938 bits per heavy atom. The van der Waals surface area contributed by atoms with Gasteiger partial charge in [-0.15, -0.1) is 0 Å². The van der Waals surface area contributed by atoms with Gasteiger partial charge in [0.05, 0.1) is 0 Å². The molecule has 1 N–H and O–H groups in total. The predicted molar refractivity (Wildman–Crippen MR) is 112 cm³/mol. The average molecular weight is 443 g/mol. The molecule has 168 valence electrons. The quantitative estimate of drug-likeness (QED) is 0.745. The molecule has 32 heavy (non-hydrogen) atoms. The minimum absolute atomic E-state index is 0.00554. The van der Waals surface area contributed by atoms with Crippen LogP contribution in [0.15, 0.2) is 42.5 Å². The summed E-state index contributed by atoms with van der Waals surface area (Å²) in [7, 11) is 0. The summed E-state index contributed by atoms with van der Waals surface area (Å²) in [6.07, 6.45) is 1.83. The maximum Gasteiger partial charge on any atom is 0.260 e. The van der Waals surface area contributed by atoms with Gasteiger partial charge in [-0.25, -0.2) is 8.78 Å². The maximum absolute atomic E-state index is 13.4. The number of halogens is 2. The number of rotatable bonds is 6. The molecule has 2 aromatic rings. The number of anilines is 1. The predicted octanol–water partition coefficient (Wildman–Crippen LogP) is 2.68. The minimum atomic E-state index is -1.07. The van der Waals surface area contributed by atoms with E-state index >= 15 is 0 Å². The third-order valence-electron chi connectivity index (χ3n) is 5.50. The van der Waals surface area contributed by atoms with Crippen LogP contribution >= 0.6 is 0 Å². The molecule has 2 aromatic carbocycles. The van der Waals surface area contributed by atoms with E-state index in [1.165, 1.54) is 11.0 Å². The summed E-state index contributed by atoms with van der Waals surface area (Å²) in [5.41, 5.74) is 0.692. The number of carbonyl (C=O) groups excluding carboxylic acids is 3. The fourth-order valence-corrected chi connectivity index (χ4v) is 3.46. The molecule has 1 saturated carbocycles. The molecule has 0 spiro atoms. The van der Waals surface area contributed by atoms with Gasteiger partial charge in [0.1, 0.15) is 5.75 Å². The summed E-state index contributed by atoms with van der Waals surface area (Å²) < 4.78 is 32.1. The number of carbonyl (C=O) groups is 3. The monoisotopic (exact) mass is 443 g/mol. The fraction of sp³-hybridized carbons (Fsp3) is 0.348. The number of hydrogen-bond donors (Lipinski definition) is 1. The lowest BCUT2D eigenvalue weighted by Gasteiger charge is -2.34. The number of benzene rings is 2. The Labute approximate surface area is 183 Å². The summed E-state index contributed by atoms with van der Waals surface area (Å²) >= 11 is 0. The normalized spacial score (nSPS) is 15.9. The summed E-state index contributed by atoms with van der Waals surface area (Å²) in [5.74, 6) is -2.15. The first kappa shape index (κ1) is 21.7. The van der Waals surface area contributed by atoms with Gasteiger partial charge in [-0.1, -0.05) is 6.07 Å². The van der Waals surface area contributed by atoms with Crippen LogP contribution in [0, 0.1) is 17.6 Å². The van der Waals surface area contributed by atoms with Crippen molar-refractivity contribution in [2.75, 3.05) is 38.1 Å². The van der Waals surface area contributed by atoms with Crippen LogP contribution in [0.4, 0.5) is 14.5 Å². The molecular weight excluding hydrogens is 420 g/mol. The van der Waals surface area contributed by atoms with Crippen LogP contribution in [0.5, 0.6) is 5.75 Å². The van der Waals surface area contributed by atoms with Crippen molar-refractivity contribution >= 4 is 23.4 Å². The highest BCUT2D eigenvalue weighted by Crippen LogP contribution is 2.30. The summed E-state index contributed by atoms with van der Waals surface area (Å²) in [6, 6.07) is 9.93. The molecule has 0 atom stereocenters. The Morgan fingerprint density at radius 2 is 1.66 bits per heavy atom. The number of amides is 3.